The van der Waals surface area contributed by atoms with Gasteiger partial charge in [-0.15, -0.1) is 0 Å². The van der Waals surface area contributed by atoms with E-state index >= 15 is 0 Å². The van der Waals surface area contributed by atoms with Gasteiger partial charge >= 0.3 is 0 Å². The van der Waals surface area contributed by atoms with E-state index in [0.29, 0.717) is 12.0 Å². The van der Waals surface area contributed by atoms with Crippen molar-refractivity contribution in [1.29, 1.82) is 0 Å². The van der Waals surface area contributed by atoms with Crippen molar-refractivity contribution in [3.05, 3.63) is 5.57 Å². The van der Waals surface area contributed by atoms with E-state index in [9.17, 15) is 4.79 Å². The highest BCUT2D eigenvalue weighted by molar-refractivity contribution is 5.52. The van der Waals surface area contributed by atoms with Crippen LogP contribution in [-0.2, 0) is 4.79 Å². The average molecular weight is 100 g/mol. The molecule has 0 unspecified atom stereocenters. The summed E-state index contributed by atoms with van der Waals surface area (Å²) in [5.74, 6) is 1.62. The Morgan fingerprint density at radius 3 is 2.43 bits per heavy atom. The van der Waals surface area contributed by atoms with Crippen LogP contribution in [0.4, 0.5) is 0 Å². The zero-order valence-electron chi connectivity index (χ0n) is 4.27. The van der Waals surface area contributed by atoms with Crippen molar-refractivity contribution in [3.8, 4) is 0 Å². The minimum atomic E-state index is -0.153. The molecule has 0 spiro atoms. The van der Waals surface area contributed by atoms with E-state index in [1.54, 1.807) is 12.9 Å². The van der Waals surface area contributed by atoms with E-state index in [-0.39, 0.29) is 6.61 Å². The molecular formula is C5H8O2. The Hall–Kier alpha value is -0.590. The first-order chi connectivity index (χ1) is 3.35. The monoisotopic (exact) mass is 100 g/mol. The molecule has 40 valence electrons. The predicted octanol–water partition coefficient (Wildman–Crippen LogP) is 0.147. The Morgan fingerprint density at radius 2 is 2.43 bits per heavy atom. The van der Waals surface area contributed by atoms with Crippen molar-refractivity contribution in [2.45, 2.75) is 13.3 Å². The van der Waals surface area contributed by atoms with Gasteiger partial charge in [0.05, 0.1) is 6.61 Å². The van der Waals surface area contributed by atoms with Crippen LogP contribution >= 0.6 is 0 Å². The molecular weight excluding hydrogens is 92.1 g/mol. The van der Waals surface area contributed by atoms with Gasteiger partial charge in [0.25, 0.3) is 0 Å². The summed E-state index contributed by atoms with van der Waals surface area (Å²) in [7, 11) is 0. The number of hydrogen-bond acceptors (Lipinski definition) is 2. The zero-order valence-corrected chi connectivity index (χ0v) is 4.27. The van der Waals surface area contributed by atoms with Crippen LogP contribution in [-0.4, -0.2) is 17.7 Å². The third-order valence-electron chi connectivity index (χ3n) is 0.762. The van der Waals surface area contributed by atoms with Gasteiger partial charge in [-0.05, 0) is 6.42 Å². The molecule has 0 rings (SSSR count). The van der Waals surface area contributed by atoms with Crippen molar-refractivity contribution in [2.24, 2.45) is 0 Å². The fraction of sp³-hybridized carbons (Fsp3) is 0.600. The molecule has 0 aromatic heterocycles. The number of aliphatic hydroxyl groups excluding tert-OH is 1. The van der Waals surface area contributed by atoms with Crippen LogP contribution in [0.2, 0.25) is 0 Å². The second-order valence-corrected chi connectivity index (χ2v) is 1.22. The lowest BCUT2D eigenvalue weighted by molar-refractivity contribution is 0.328. The topological polar surface area (TPSA) is 37.3 Å². The maximum atomic E-state index is 9.65. The summed E-state index contributed by atoms with van der Waals surface area (Å²) in [6.45, 7) is 1.65. The average Bonchev–Trinajstić information content (AvgIpc) is 1.72. The summed E-state index contributed by atoms with van der Waals surface area (Å²) in [4.78, 5) is 9.65. The van der Waals surface area contributed by atoms with Crippen LogP contribution in [0, 0.1) is 0 Å². The van der Waals surface area contributed by atoms with Crippen molar-refractivity contribution in [2.75, 3.05) is 6.61 Å². The number of carbonyl (C=O) groups excluding carboxylic acids is 1. The lowest BCUT2D eigenvalue weighted by atomic mass is 10.2. The van der Waals surface area contributed by atoms with Gasteiger partial charge in [-0.2, -0.15) is 0 Å². The first-order valence-electron chi connectivity index (χ1n) is 2.18. The summed E-state index contributed by atoms with van der Waals surface area (Å²) in [6, 6.07) is 0. The maximum absolute atomic E-state index is 9.65. The normalized spacial score (nSPS) is 7.71. The summed E-state index contributed by atoms with van der Waals surface area (Å²) in [6.07, 6.45) is 0.597. The summed E-state index contributed by atoms with van der Waals surface area (Å²) >= 11 is 0. The molecule has 0 aliphatic carbocycles. The Kier molecular flexibility index (Phi) is 3.29. The molecule has 0 saturated heterocycles. The third-order valence-corrected chi connectivity index (χ3v) is 0.762. The molecule has 0 aromatic carbocycles. The summed E-state index contributed by atoms with van der Waals surface area (Å²) in [5, 5.41) is 8.23. The van der Waals surface area contributed by atoms with Gasteiger partial charge < -0.3 is 5.11 Å². The van der Waals surface area contributed by atoms with E-state index in [2.05, 4.69) is 0 Å². The van der Waals surface area contributed by atoms with E-state index in [4.69, 9.17) is 5.11 Å². The molecule has 0 saturated carbocycles. The largest absolute Gasteiger partial charge is 0.391 e. The van der Waals surface area contributed by atoms with Gasteiger partial charge in [-0.3, -0.25) is 0 Å². The van der Waals surface area contributed by atoms with Crippen LogP contribution in [0.5, 0.6) is 0 Å². The fourth-order valence-electron chi connectivity index (χ4n) is 0.216. The molecule has 7 heavy (non-hydrogen) atoms. The van der Waals surface area contributed by atoms with Gasteiger partial charge in [0, 0.05) is 5.57 Å². The predicted molar refractivity (Wildman–Crippen MR) is 26.6 cm³/mol. The standard InChI is InChI=1S/C5H8O2/c1-2-5(3-6)4-7/h6H,2-3H2,1H3. The Morgan fingerprint density at radius 1 is 1.86 bits per heavy atom. The molecule has 0 aromatic rings. The van der Waals surface area contributed by atoms with Crippen LogP contribution < -0.4 is 0 Å². The molecule has 0 fully saturated rings. The minimum absolute atomic E-state index is 0.153. The van der Waals surface area contributed by atoms with Crippen molar-refractivity contribution in [3.63, 3.8) is 0 Å². The quantitative estimate of drug-likeness (QED) is 0.501. The second kappa shape index (κ2) is 3.59. The number of aliphatic hydroxyl groups is 1. The molecule has 1 N–H and O–H groups in total. The SMILES string of the molecule is CCC(=C=O)CO. The molecule has 0 aliphatic heterocycles. The van der Waals surface area contributed by atoms with E-state index in [1.807, 2.05) is 0 Å². The van der Waals surface area contributed by atoms with Crippen molar-refractivity contribution in [1.82, 2.24) is 0 Å². The van der Waals surface area contributed by atoms with Crippen molar-refractivity contribution < 1.29 is 9.90 Å². The van der Waals surface area contributed by atoms with E-state index < -0.39 is 0 Å². The van der Waals surface area contributed by atoms with Gasteiger partial charge in [-0.25, -0.2) is 4.79 Å². The fourth-order valence-corrected chi connectivity index (χ4v) is 0.216. The van der Waals surface area contributed by atoms with E-state index in [0.717, 1.165) is 0 Å². The first kappa shape index (κ1) is 6.41. The summed E-state index contributed by atoms with van der Waals surface area (Å²) in [5.41, 5.74) is 0.431. The van der Waals surface area contributed by atoms with Crippen LogP contribution in [0.3, 0.4) is 0 Å². The zero-order chi connectivity index (χ0) is 5.70. The highest BCUT2D eigenvalue weighted by atomic mass is 16.3. The first-order valence-corrected chi connectivity index (χ1v) is 2.18. The van der Waals surface area contributed by atoms with Crippen LogP contribution in [0.25, 0.3) is 0 Å². The second-order valence-electron chi connectivity index (χ2n) is 1.22. The number of hydrogen-bond donors (Lipinski definition) is 1. The molecule has 0 atom stereocenters. The molecule has 0 bridgehead atoms. The molecule has 2 nitrogen and oxygen atoms in total. The van der Waals surface area contributed by atoms with Gasteiger partial charge in [0.15, 0.2) is 0 Å². The smallest absolute Gasteiger partial charge is 0.125 e. The van der Waals surface area contributed by atoms with Crippen LogP contribution in [0.1, 0.15) is 13.3 Å². The lowest BCUT2D eigenvalue weighted by Gasteiger charge is -1.85. The molecule has 0 aliphatic rings. The van der Waals surface area contributed by atoms with Gasteiger partial charge in [0.2, 0.25) is 0 Å². The minimum Gasteiger partial charge on any atom is -0.391 e. The van der Waals surface area contributed by atoms with Crippen LogP contribution in [0.15, 0.2) is 5.57 Å². The summed E-state index contributed by atoms with van der Waals surface area (Å²) < 4.78 is 0. The molecule has 0 heterocycles. The lowest BCUT2D eigenvalue weighted by Crippen LogP contribution is -1.86. The third kappa shape index (κ3) is 2.15. The maximum Gasteiger partial charge on any atom is 0.125 e. The van der Waals surface area contributed by atoms with Crippen molar-refractivity contribution >= 4 is 5.94 Å². The molecule has 2 heteroatoms. The van der Waals surface area contributed by atoms with E-state index in [1.165, 1.54) is 0 Å². The highest BCUT2D eigenvalue weighted by Gasteiger charge is 1.86. The Bertz CT molecular complexity index is 84.3. The molecule has 0 radical (unpaired) electrons. The Balaban J connectivity index is 3.61. The number of rotatable bonds is 2. The highest BCUT2D eigenvalue weighted by Crippen LogP contribution is 1.89. The Labute approximate surface area is 42.5 Å². The molecule has 0 amide bonds. The van der Waals surface area contributed by atoms with Gasteiger partial charge in [-0.1, -0.05) is 6.92 Å². The van der Waals surface area contributed by atoms with Gasteiger partial charge in [0.1, 0.15) is 5.94 Å².